The molecule has 0 unspecified atom stereocenters. The lowest BCUT2D eigenvalue weighted by Gasteiger charge is -2.04. The molecule has 82 valence electrons. The van der Waals surface area contributed by atoms with Crippen molar-refractivity contribution in [3.8, 4) is 5.75 Å². The minimum atomic E-state index is 0.439. The van der Waals surface area contributed by atoms with Crippen LogP contribution >= 0.6 is 22.9 Å². The first kappa shape index (κ1) is 11.2. The van der Waals surface area contributed by atoms with Crippen molar-refractivity contribution in [2.45, 2.75) is 6.61 Å². The van der Waals surface area contributed by atoms with Crippen LogP contribution in [0.15, 0.2) is 35.7 Å². The van der Waals surface area contributed by atoms with Gasteiger partial charge in [-0.25, -0.2) is 0 Å². The molecule has 0 atom stereocenters. The van der Waals surface area contributed by atoms with E-state index < -0.39 is 0 Å². The minimum Gasteiger partial charge on any atom is -0.487 e. The molecule has 0 spiro atoms. The third-order valence-electron chi connectivity index (χ3n) is 2.07. The molecule has 16 heavy (non-hydrogen) atoms. The Morgan fingerprint density at radius 3 is 2.69 bits per heavy atom. The van der Waals surface area contributed by atoms with Crippen LogP contribution < -0.4 is 4.74 Å². The number of benzene rings is 1. The smallest absolute Gasteiger partial charge is 0.163 e. The van der Waals surface area contributed by atoms with Crippen LogP contribution in [0, 0.1) is 0 Å². The summed E-state index contributed by atoms with van der Waals surface area (Å²) in [7, 11) is 0. The lowest BCUT2D eigenvalue weighted by atomic mass is 10.2. The van der Waals surface area contributed by atoms with Crippen molar-refractivity contribution in [3.05, 3.63) is 51.2 Å². The SMILES string of the molecule is O=Cc1sccc1OCc1ccc(Cl)cc1. The summed E-state index contributed by atoms with van der Waals surface area (Å²) in [5.74, 6) is 0.634. The first-order valence-corrected chi connectivity index (χ1v) is 5.95. The van der Waals surface area contributed by atoms with Crippen molar-refractivity contribution in [1.82, 2.24) is 0 Å². The molecule has 0 bridgehead atoms. The number of hydrogen-bond donors (Lipinski definition) is 0. The molecule has 1 aromatic heterocycles. The van der Waals surface area contributed by atoms with E-state index in [4.69, 9.17) is 16.3 Å². The van der Waals surface area contributed by atoms with E-state index >= 15 is 0 Å². The van der Waals surface area contributed by atoms with Gasteiger partial charge in [-0.2, -0.15) is 0 Å². The maximum absolute atomic E-state index is 10.7. The van der Waals surface area contributed by atoms with Crippen molar-refractivity contribution < 1.29 is 9.53 Å². The summed E-state index contributed by atoms with van der Waals surface area (Å²) in [6.45, 7) is 0.439. The lowest BCUT2D eigenvalue weighted by Crippen LogP contribution is -1.95. The van der Waals surface area contributed by atoms with Gasteiger partial charge in [-0.1, -0.05) is 23.7 Å². The Labute approximate surface area is 102 Å². The number of rotatable bonds is 4. The van der Waals surface area contributed by atoms with Gasteiger partial charge < -0.3 is 4.74 Å². The fourth-order valence-corrected chi connectivity index (χ4v) is 2.02. The van der Waals surface area contributed by atoms with Crippen molar-refractivity contribution in [2.75, 3.05) is 0 Å². The number of thiophene rings is 1. The van der Waals surface area contributed by atoms with Gasteiger partial charge in [-0.3, -0.25) is 4.79 Å². The predicted octanol–water partition coefficient (Wildman–Crippen LogP) is 3.79. The van der Waals surface area contributed by atoms with Crippen LogP contribution in [0.4, 0.5) is 0 Å². The van der Waals surface area contributed by atoms with Crippen LogP contribution in [0.3, 0.4) is 0 Å². The second-order valence-electron chi connectivity index (χ2n) is 3.18. The number of halogens is 1. The van der Waals surface area contributed by atoms with Gasteiger partial charge in [-0.05, 0) is 29.1 Å². The number of ether oxygens (including phenoxy) is 1. The fourth-order valence-electron chi connectivity index (χ4n) is 1.26. The Bertz CT molecular complexity index is 476. The lowest BCUT2D eigenvalue weighted by molar-refractivity contribution is 0.112. The van der Waals surface area contributed by atoms with E-state index in [0.29, 0.717) is 22.3 Å². The van der Waals surface area contributed by atoms with Crippen molar-refractivity contribution in [1.29, 1.82) is 0 Å². The summed E-state index contributed by atoms with van der Waals surface area (Å²) in [4.78, 5) is 11.3. The van der Waals surface area contributed by atoms with E-state index in [-0.39, 0.29) is 0 Å². The Morgan fingerprint density at radius 2 is 2.00 bits per heavy atom. The first-order chi connectivity index (χ1) is 7.79. The molecule has 0 aliphatic heterocycles. The van der Waals surface area contributed by atoms with Gasteiger partial charge in [0.1, 0.15) is 17.2 Å². The highest BCUT2D eigenvalue weighted by atomic mass is 35.5. The van der Waals surface area contributed by atoms with Gasteiger partial charge >= 0.3 is 0 Å². The van der Waals surface area contributed by atoms with Crippen molar-refractivity contribution >= 4 is 29.2 Å². The number of aldehydes is 1. The number of carbonyl (C=O) groups is 1. The Kier molecular flexibility index (Phi) is 3.59. The molecule has 2 nitrogen and oxygen atoms in total. The molecule has 1 aromatic carbocycles. The van der Waals surface area contributed by atoms with E-state index in [9.17, 15) is 4.79 Å². The molecular formula is C12H9ClO2S. The van der Waals surface area contributed by atoms with Crippen molar-refractivity contribution in [3.63, 3.8) is 0 Å². The van der Waals surface area contributed by atoms with E-state index in [1.54, 1.807) is 6.07 Å². The molecule has 0 saturated carbocycles. The monoisotopic (exact) mass is 252 g/mol. The Balaban J connectivity index is 2.02. The van der Waals surface area contributed by atoms with Gasteiger partial charge in [0.05, 0.1) is 0 Å². The van der Waals surface area contributed by atoms with E-state index in [2.05, 4.69) is 0 Å². The van der Waals surface area contributed by atoms with E-state index in [1.165, 1.54) is 11.3 Å². The molecule has 0 saturated heterocycles. The van der Waals surface area contributed by atoms with E-state index in [0.717, 1.165) is 11.8 Å². The first-order valence-electron chi connectivity index (χ1n) is 4.69. The highest BCUT2D eigenvalue weighted by Crippen LogP contribution is 2.23. The molecule has 4 heteroatoms. The zero-order chi connectivity index (χ0) is 11.4. The standard InChI is InChI=1S/C12H9ClO2S/c13-10-3-1-9(2-4-10)8-15-11-5-6-16-12(11)7-14/h1-7H,8H2. The van der Waals surface area contributed by atoms with Crippen LogP contribution in [0.1, 0.15) is 15.2 Å². The molecule has 0 amide bonds. The van der Waals surface area contributed by atoms with Gasteiger partial charge in [0, 0.05) is 5.02 Å². The summed E-state index contributed by atoms with van der Waals surface area (Å²) in [6.07, 6.45) is 0.807. The summed E-state index contributed by atoms with van der Waals surface area (Å²) >= 11 is 7.15. The summed E-state index contributed by atoms with van der Waals surface area (Å²) in [5.41, 5.74) is 1.02. The summed E-state index contributed by atoms with van der Waals surface area (Å²) < 4.78 is 5.53. The molecule has 0 radical (unpaired) electrons. The summed E-state index contributed by atoms with van der Waals surface area (Å²) in [5, 5.41) is 2.54. The largest absolute Gasteiger partial charge is 0.487 e. The third kappa shape index (κ3) is 2.62. The van der Waals surface area contributed by atoms with Crippen LogP contribution in [0.25, 0.3) is 0 Å². The molecule has 0 fully saturated rings. The number of carbonyl (C=O) groups excluding carboxylic acids is 1. The average molecular weight is 253 g/mol. The zero-order valence-corrected chi connectivity index (χ0v) is 9.92. The molecule has 0 aliphatic carbocycles. The fraction of sp³-hybridized carbons (Fsp3) is 0.0833. The normalized spacial score (nSPS) is 10.1. The molecule has 0 N–H and O–H groups in total. The average Bonchev–Trinajstić information content (AvgIpc) is 2.76. The van der Waals surface area contributed by atoms with Gasteiger partial charge in [0.15, 0.2) is 6.29 Å². The minimum absolute atomic E-state index is 0.439. The topological polar surface area (TPSA) is 26.3 Å². The Morgan fingerprint density at radius 1 is 1.25 bits per heavy atom. The third-order valence-corrected chi connectivity index (χ3v) is 3.15. The molecule has 0 aliphatic rings. The Hall–Kier alpha value is -1.32. The second kappa shape index (κ2) is 5.14. The maximum atomic E-state index is 10.7. The van der Waals surface area contributed by atoms with E-state index in [1.807, 2.05) is 29.6 Å². The molecular weight excluding hydrogens is 244 g/mol. The van der Waals surface area contributed by atoms with Gasteiger partial charge in [-0.15, -0.1) is 11.3 Å². The van der Waals surface area contributed by atoms with Crippen LogP contribution in [0.5, 0.6) is 5.75 Å². The highest BCUT2D eigenvalue weighted by molar-refractivity contribution is 7.12. The van der Waals surface area contributed by atoms with Gasteiger partial charge in [0.2, 0.25) is 0 Å². The molecule has 2 aromatic rings. The number of hydrogen-bond acceptors (Lipinski definition) is 3. The van der Waals surface area contributed by atoms with Crippen molar-refractivity contribution in [2.24, 2.45) is 0 Å². The molecule has 2 rings (SSSR count). The van der Waals surface area contributed by atoms with Crippen LogP contribution in [0.2, 0.25) is 5.02 Å². The quantitative estimate of drug-likeness (QED) is 0.774. The van der Waals surface area contributed by atoms with Crippen LogP contribution in [-0.4, -0.2) is 6.29 Å². The molecule has 1 heterocycles. The maximum Gasteiger partial charge on any atom is 0.163 e. The second-order valence-corrected chi connectivity index (χ2v) is 4.57. The van der Waals surface area contributed by atoms with Crippen LogP contribution in [-0.2, 0) is 6.61 Å². The zero-order valence-electron chi connectivity index (χ0n) is 8.35. The highest BCUT2D eigenvalue weighted by Gasteiger charge is 2.04. The predicted molar refractivity (Wildman–Crippen MR) is 65.5 cm³/mol. The summed E-state index contributed by atoms with van der Waals surface area (Å²) in [6, 6.07) is 9.22. The van der Waals surface area contributed by atoms with Gasteiger partial charge in [0.25, 0.3) is 0 Å².